The molecular weight excluding hydrogens is 546 g/mol. The summed E-state index contributed by atoms with van der Waals surface area (Å²) in [6.45, 7) is 7.38. The molecule has 2 unspecified atom stereocenters. The van der Waals surface area contributed by atoms with E-state index in [4.69, 9.17) is 14.7 Å². The van der Waals surface area contributed by atoms with E-state index >= 15 is 0 Å². The average molecular weight is 592 g/mol. The number of unbranched alkanes of at least 4 members (excludes halogenated alkanes) is 1. The van der Waals surface area contributed by atoms with Crippen LogP contribution in [-0.4, -0.2) is 85.2 Å². The summed E-state index contributed by atoms with van der Waals surface area (Å²) in [6, 6.07) is 13.4. The molecule has 2 aromatic rings. The number of carboxylic acids is 1. The van der Waals surface area contributed by atoms with Crippen LogP contribution in [0.15, 0.2) is 53.4 Å². The van der Waals surface area contributed by atoms with Gasteiger partial charge in [0.05, 0.1) is 16.8 Å². The number of ether oxygens (including phenoxy) is 2. The second-order valence-corrected chi connectivity index (χ2v) is 12.8. The summed E-state index contributed by atoms with van der Waals surface area (Å²) in [7, 11) is -3.66. The minimum atomic E-state index is -3.66. The van der Waals surface area contributed by atoms with Crippen LogP contribution in [0.3, 0.4) is 0 Å². The molecular formula is C30H45N3O7S. The molecule has 0 spiro atoms. The Morgan fingerprint density at radius 2 is 1.54 bits per heavy atom. The number of carbonyl (C=O) groups is 1. The van der Waals surface area contributed by atoms with Gasteiger partial charge in [0.15, 0.2) is 9.84 Å². The average Bonchev–Trinajstić information content (AvgIpc) is 3.00. The molecule has 2 aromatic carbocycles. The monoisotopic (exact) mass is 591 g/mol. The standard InChI is InChI=1S/C30H42N2O6S.H3NO/c1-2-3-20-37-26-11-13-27(14-12-26)39(35,36)28-15-18-32(29(22-28)30(33)34)23-24-7-9-25(10-8-24)38-21-19-31-16-5-4-6-17-31;1-2/h7-14,28-29H,2-6,15-23H2,1H3,(H,33,34);2H,1H2. The van der Waals surface area contributed by atoms with E-state index in [0.717, 1.165) is 43.8 Å². The molecule has 11 heteroatoms. The second kappa shape index (κ2) is 16.7. The van der Waals surface area contributed by atoms with E-state index < -0.39 is 27.1 Å². The lowest BCUT2D eigenvalue weighted by Crippen LogP contribution is -2.49. The Kier molecular flexibility index (Phi) is 13.3. The third-order valence-electron chi connectivity index (χ3n) is 7.74. The molecule has 0 bridgehead atoms. The van der Waals surface area contributed by atoms with E-state index in [1.54, 1.807) is 24.3 Å². The largest absolute Gasteiger partial charge is 0.494 e. The van der Waals surface area contributed by atoms with Gasteiger partial charge < -0.3 is 19.8 Å². The van der Waals surface area contributed by atoms with E-state index in [-0.39, 0.29) is 11.3 Å². The maximum absolute atomic E-state index is 13.3. The lowest BCUT2D eigenvalue weighted by Gasteiger charge is -2.37. The summed E-state index contributed by atoms with van der Waals surface area (Å²) in [5.41, 5.74) is 0.976. The Hall–Kier alpha value is -2.70. The number of sulfone groups is 1. The van der Waals surface area contributed by atoms with Crippen LogP contribution >= 0.6 is 0 Å². The fourth-order valence-corrected chi connectivity index (χ4v) is 7.11. The summed E-state index contributed by atoms with van der Waals surface area (Å²) in [5, 5.41) is 15.7. The number of hydrogen-bond donors (Lipinski definition) is 3. The lowest BCUT2D eigenvalue weighted by molar-refractivity contribution is -0.144. The number of aliphatic carboxylic acids is 1. The Labute approximate surface area is 243 Å². The molecule has 2 aliphatic rings. The zero-order valence-corrected chi connectivity index (χ0v) is 24.8. The van der Waals surface area contributed by atoms with Crippen LogP contribution in [0, 0.1) is 0 Å². The van der Waals surface area contributed by atoms with E-state index in [0.29, 0.717) is 38.5 Å². The molecule has 10 nitrogen and oxygen atoms in total. The normalized spacial score (nSPS) is 20.1. The summed E-state index contributed by atoms with van der Waals surface area (Å²) in [5.74, 6) is 3.95. The zero-order valence-electron chi connectivity index (χ0n) is 24.0. The van der Waals surface area contributed by atoms with Gasteiger partial charge in [-0.25, -0.2) is 14.3 Å². The number of likely N-dealkylation sites (tertiary alicyclic amines) is 2. The quantitative estimate of drug-likeness (QED) is 0.231. The fraction of sp³-hybridized carbons (Fsp3) is 0.567. The van der Waals surface area contributed by atoms with E-state index in [2.05, 4.69) is 17.7 Å². The van der Waals surface area contributed by atoms with Crippen molar-refractivity contribution in [3.05, 3.63) is 54.1 Å². The van der Waals surface area contributed by atoms with Gasteiger partial charge in [0.1, 0.15) is 24.1 Å². The minimum Gasteiger partial charge on any atom is -0.494 e. The van der Waals surface area contributed by atoms with Crippen molar-refractivity contribution in [2.24, 2.45) is 5.90 Å². The molecule has 4 N–H and O–H groups in total. The van der Waals surface area contributed by atoms with Crippen LogP contribution in [-0.2, 0) is 21.2 Å². The van der Waals surface area contributed by atoms with Crippen LogP contribution in [0.1, 0.15) is 57.4 Å². The summed E-state index contributed by atoms with van der Waals surface area (Å²) < 4.78 is 38.3. The van der Waals surface area contributed by atoms with Gasteiger partial charge >= 0.3 is 5.97 Å². The molecule has 2 heterocycles. The molecule has 2 fully saturated rings. The van der Waals surface area contributed by atoms with Crippen molar-refractivity contribution in [3.8, 4) is 11.5 Å². The van der Waals surface area contributed by atoms with Gasteiger partial charge in [0.25, 0.3) is 0 Å². The number of benzene rings is 2. The molecule has 2 atom stereocenters. The van der Waals surface area contributed by atoms with Gasteiger partial charge in [0, 0.05) is 19.6 Å². The number of rotatable bonds is 13. The highest BCUT2D eigenvalue weighted by molar-refractivity contribution is 7.92. The van der Waals surface area contributed by atoms with Crippen molar-refractivity contribution >= 4 is 15.8 Å². The predicted molar refractivity (Wildman–Crippen MR) is 157 cm³/mol. The smallest absolute Gasteiger partial charge is 0.320 e. The topological polar surface area (TPSA) is 143 Å². The maximum Gasteiger partial charge on any atom is 0.320 e. The van der Waals surface area contributed by atoms with Crippen molar-refractivity contribution < 1.29 is 33.0 Å². The molecule has 2 saturated heterocycles. The SMILES string of the molecule is CCCCOc1ccc(S(=O)(=O)C2CCN(Cc3ccc(OCCN4CCCCC4)cc3)C(C(=O)O)C2)cc1.NO. The first-order valence-corrected chi connectivity index (χ1v) is 16.0. The van der Waals surface area contributed by atoms with Crippen LogP contribution in [0.25, 0.3) is 0 Å². The van der Waals surface area contributed by atoms with Gasteiger partial charge in [0.2, 0.25) is 0 Å². The lowest BCUT2D eigenvalue weighted by atomic mass is 10.0. The Morgan fingerprint density at radius 3 is 2.15 bits per heavy atom. The predicted octanol–water partition coefficient (Wildman–Crippen LogP) is 3.96. The first-order valence-electron chi connectivity index (χ1n) is 14.5. The first kappa shape index (κ1) is 32.8. The molecule has 41 heavy (non-hydrogen) atoms. The number of hydrogen-bond acceptors (Lipinski definition) is 9. The van der Waals surface area contributed by atoms with Gasteiger partial charge in [-0.3, -0.25) is 14.6 Å². The van der Waals surface area contributed by atoms with Crippen molar-refractivity contribution in [1.29, 1.82) is 0 Å². The number of carboxylic acid groups (broad SMARTS) is 1. The molecule has 228 valence electrons. The highest BCUT2D eigenvalue weighted by Gasteiger charge is 2.39. The van der Waals surface area contributed by atoms with Crippen LogP contribution < -0.4 is 15.4 Å². The zero-order chi connectivity index (χ0) is 29.7. The van der Waals surface area contributed by atoms with Gasteiger partial charge in [-0.2, -0.15) is 0 Å². The van der Waals surface area contributed by atoms with Crippen molar-refractivity contribution in [2.45, 2.75) is 74.6 Å². The molecule has 0 saturated carbocycles. The Bertz CT molecular complexity index is 1150. The molecule has 4 rings (SSSR count). The van der Waals surface area contributed by atoms with Crippen molar-refractivity contribution in [2.75, 3.05) is 39.4 Å². The van der Waals surface area contributed by atoms with E-state index in [9.17, 15) is 18.3 Å². The molecule has 2 aliphatic heterocycles. The fourth-order valence-electron chi connectivity index (χ4n) is 5.36. The van der Waals surface area contributed by atoms with Gasteiger partial charge in [-0.15, -0.1) is 0 Å². The Balaban J connectivity index is 0.00000226. The third kappa shape index (κ3) is 9.68. The highest BCUT2D eigenvalue weighted by Crippen LogP contribution is 2.30. The maximum atomic E-state index is 13.3. The minimum absolute atomic E-state index is 0.0596. The van der Waals surface area contributed by atoms with E-state index in [1.165, 1.54) is 19.3 Å². The number of nitrogens with two attached hydrogens (primary N) is 1. The van der Waals surface area contributed by atoms with Gasteiger partial charge in [-0.05, 0) is 87.2 Å². The van der Waals surface area contributed by atoms with Gasteiger partial charge in [-0.1, -0.05) is 31.9 Å². The summed E-state index contributed by atoms with van der Waals surface area (Å²) in [4.78, 5) is 16.7. The second-order valence-electron chi connectivity index (χ2n) is 10.6. The molecule has 0 aromatic heterocycles. The van der Waals surface area contributed by atoms with Crippen molar-refractivity contribution in [1.82, 2.24) is 9.80 Å². The van der Waals surface area contributed by atoms with Crippen LogP contribution in [0.2, 0.25) is 0 Å². The van der Waals surface area contributed by atoms with Crippen LogP contribution in [0.4, 0.5) is 0 Å². The van der Waals surface area contributed by atoms with Crippen molar-refractivity contribution in [3.63, 3.8) is 0 Å². The summed E-state index contributed by atoms with van der Waals surface area (Å²) in [6.07, 6.45) is 6.25. The number of piperidine rings is 2. The van der Waals surface area contributed by atoms with E-state index in [1.807, 2.05) is 29.2 Å². The molecule has 0 aliphatic carbocycles. The highest BCUT2D eigenvalue weighted by atomic mass is 32.2. The number of nitrogens with zero attached hydrogens (tertiary/aromatic N) is 2. The summed E-state index contributed by atoms with van der Waals surface area (Å²) >= 11 is 0. The Morgan fingerprint density at radius 1 is 0.927 bits per heavy atom. The first-order chi connectivity index (χ1) is 19.9. The molecule has 0 amide bonds. The molecule has 0 radical (unpaired) electrons. The third-order valence-corrected chi connectivity index (χ3v) is 9.98. The van der Waals surface area contributed by atoms with Crippen LogP contribution in [0.5, 0.6) is 11.5 Å².